The number of carbonyl (C=O) groups excluding carboxylic acids is 3. The molecule has 1 saturated carbocycles. The average molecular weight is 414 g/mol. The topological polar surface area (TPSA) is 76.6 Å². The number of carbonyl (C=O) groups is 3. The Morgan fingerprint density at radius 2 is 1.77 bits per heavy atom. The summed E-state index contributed by atoms with van der Waals surface area (Å²) in [6.07, 6.45) is 4.08. The molecule has 0 bridgehead atoms. The molecule has 0 unspecified atom stereocenters. The molecule has 0 radical (unpaired) electrons. The van der Waals surface area contributed by atoms with Gasteiger partial charge in [0.25, 0.3) is 0 Å². The Balaban J connectivity index is 1.42. The van der Waals surface area contributed by atoms with Crippen LogP contribution in [-0.2, 0) is 9.59 Å². The first-order valence-corrected chi connectivity index (χ1v) is 10.6. The molecule has 1 aliphatic heterocycles. The summed E-state index contributed by atoms with van der Waals surface area (Å²) < 4.78 is 5.60. The molecule has 2 aromatic carbocycles. The van der Waals surface area contributed by atoms with Crippen LogP contribution in [0.15, 0.2) is 60.8 Å². The first-order chi connectivity index (χ1) is 15.0. The van der Waals surface area contributed by atoms with Crippen LogP contribution in [0, 0.1) is 17.8 Å². The van der Waals surface area contributed by atoms with E-state index in [4.69, 9.17) is 4.74 Å². The highest BCUT2D eigenvalue weighted by Gasteiger charge is 2.50. The predicted molar refractivity (Wildman–Crippen MR) is 116 cm³/mol. The number of fused-ring (bicyclic) bond motifs is 2. The van der Waals surface area contributed by atoms with Crippen LogP contribution in [0.1, 0.15) is 36.5 Å². The van der Waals surface area contributed by atoms with E-state index >= 15 is 0 Å². The van der Waals surface area contributed by atoms with Crippen LogP contribution in [0.3, 0.4) is 0 Å². The van der Waals surface area contributed by atoms with Crippen LogP contribution < -0.4 is 9.64 Å². The van der Waals surface area contributed by atoms with Crippen molar-refractivity contribution in [1.82, 2.24) is 4.98 Å². The van der Waals surface area contributed by atoms with E-state index in [9.17, 15) is 14.4 Å². The summed E-state index contributed by atoms with van der Waals surface area (Å²) in [6, 6.07) is 15.6. The van der Waals surface area contributed by atoms with Gasteiger partial charge in [0, 0.05) is 11.6 Å². The molecular formula is C25H22N2O4. The summed E-state index contributed by atoms with van der Waals surface area (Å²) >= 11 is 0. The van der Waals surface area contributed by atoms with Crippen LogP contribution in [-0.4, -0.2) is 22.8 Å². The van der Waals surface area contributed by atoms with Crippen LogP contribution in [0.25, 0.3) is 10.9 Å². The number of anilines is 1. The highest BCUT2D eigenvalue weighted by atomic mass is 16.5. The van der Waals surface area contributed by atoms with E-state index in [1.165, 1.54) is 4.90 Å². The molecule has 6 nitrogen and oxygen atoms in total. The Bertz CT molecular complexity index is 1200. The molecule has 1 aliphatic carbocycles. The van der Waals surface area contributed by atoms with Gasteiger partial charge in [0.2, 0.25) is 11.8 Å². The summed E-state index contributed by atoms with van der Waals surface area (Å²) in [6.45, 7) is 2.12. The standard InChI is InChI=1S/C25H22N2O4/c1-15-10-11-19-20(13-15)24(29)27(23(19)28)18-8-2-6-17(14-18)25(30)31-21-9-3-5-16-7-4-12-26-22(16)21/h2-9,12,14-15,19-20H,10-11,13H2,1H3/t15-,19+,20-/m1/s1. The van der Waals surface area contributed by atoms with Crippen molar-refractivity contribution in [3.8, 4) is 5.75 Å². The monoisotopic (exact) mass is 414 g/mol. The van der Waals surface area contributed by atoms with Crippen molar-refractivity contribution in [2.45, 2.75) is 26.2 Å². The highest BCUT2D eigenvalue weighted by Crippen LogP contribution is 2.42. The van der Waals surface area contributed by atoms with Gasteiger partial charge in [0.15, 0.2) is 5.75 Å². The molecule has 2 heterocycles. The van der Waals surface area contributed by atoms with Crippen LogP contribution >= 0.6 is 0 Å². The Hall–Kier alpha value is -3.54. The number of imide groups is 1. The maximum Gasteiger partial charge on any atom is 0.343 e. The predicted octanol–water partition coefficient (Wildman–Crippen LogP) is 4.38. The summed E-state index contributed by atoms with van der Waals surface area (Å²) in [5.74, 6) is -0.591. The lowest BCUT2D eigenvalue weighted by atomic mass is 9.76. The van der Waals surface area contributed by atoms with Gasteiger partial charge in [0.05, 0.1) is 23.1 Å². The van der Waals surface area contributed by atoms with Gasteiger partial charge < -0.3 is 4.74 Å². The molecule has 31 heavy (non-hydrogen) atoms. The minimum Gasteiger partial charge on any atom is -0.421 e. The van der Waals surface area contributed by atoms with Crippen molar-refractivity contribution >= 4 is 34.4 Å². The maximum atomic E-state index is 13.0. The average Bonchev–Trinajstić information content (AvgIpc) is 3.03. The number of pyridine rings is 1. The number of amides is 2. The van der Waals surface area contributed by atoms with Crippen LogP contribution in [0.2, 0.25) is 0 Å². The molecular weight excluding hydrogens is 392 g/mol. The van der Waals surface area contributed by atoms with Crippen molar-refractivity contribution in [3.63, 3.8) is 0 Å². The van der Waals surface area contributed by atoms with E-state index in [0.717, 1.165) is 24.6 Å². The summed E-state index contributed by atoms with van der Waals surface area (Å²) in [4.78, 5) is 44.4. The molecule has 1 saturated heterocycles. The van der Waals surface area contributed by atoms with Gasteiger partial charge in [0.1, 0.15) is 5.52 Å². The summed E-state index contributed by atoms with van der Waals surface area (Å²) in [7, 11) is 0. The number of aromatic nitrogens is 1. The van der Waals surface area contributed by atoms with Gasteiger partial charge >= 0.3 is 5.97 Å². The maximum absolute atomic E-state index is 13.0. The number of benzene rings is 2. The van der Waals surface area contributed by atoms with Gasteiger partial charge in [-0.05, 0) is 55.5 Å². The zero-order valence-corrected chi connectivity index (χ0v) is 17.2. The summed E-state index contributed by atoms with van der Waals surface area (Å²) in [5, 5.41) is 0.867. The molecule has 1 aromatic heterocycles. The molecule has 156 valence electrons. The number of nitrogens with zero attached hydrogens (tertiary/aromatic N) is 2. The van der Waals surface area contributed by atoms with Crippen molar-refractivity contribution in [3.05, 3.63) is 66.4 Å². The van der Waals surface area contributed by atoms with E-state index in [1.54, 1.807) is 42.6 Å². The van der Waals surface area contributed by atoms with Crippen molar-refractivity contribution in [1.29, 1.82) is 0 Å². The van der Waals surface area contributed by atoms with E-state index in [1.807, 2.05) is 18.2 Å². The molecule has 2 aliphatic rings. The lowest BCUT2D eigenvalue weighted by Gasteiger charge is -2.25. The fourth-order valence-electron chi connectivity index (χ4n) is 4.73. The Morgan fingerprint density at radius 3 is 2.65 bits per heavy atom. The minimum atomic E-state index is -0.565. The Morgan fingerprint density at radius 1 is 1.00 bits per heavy atom. The largest absolute Gasteiger partial charge is 0.421 e. The summed E-state index contributed by atoms with van der Waals surface area (Å²) in [5.41, 5.74) is 1.29. The molecule has 0 spiro atoms. The second-order valence-electron chi connectivity index (χ2n) is 8.41. The van der Waals surface area contributed by atoms with Crippen molar-refractivity contribution < 1.29 is 19.1 Å². The molecule has 2 fully saturated rings. The SMILES string of the molecule is C[C@@H]1CC[C@@H]2C(=O)N(c3cccc(C(=O)Oc4cccc5cccnc45)c3)C(=O)[C@@H]2C1. The van der Waals surface area contributed by atoms with Crippen LogP contribution in [0.5, 0.6) is 5.75 Å². The molecule has 2 amide bonds. The molecule has 0 N–H and O–H groups in total. The third-order valence-corrected chi connectivity index (χ3v) is 6.33. The number of ether oxygens (including phenoxy) is 1. The number of rotatable bonds is 3. The fourth-order valence-corrected chi connectivity index (χ4v) is 4.73. The molecule has 5 rings (SSSR count). The highest BCUT2D eigenvalue weighted by molar-refractivity contribution is 6.22. The number of hydrogen-bond acceptors (Lipinski definition) is 5. The zero-order valence-electron chi connectivity index (χ0n) is 17.2. The van der Waals surface area contributed by atoms with Gasteiger partial charge in [-0.3, -0.25) is 19.5 Å². The fraction of sp³-hybridized carbons (Fsp3) is 0.280. The van der Waals surface area contributed by atoms with Crippen LogP contribution in [0.4, 0.5) is 5.69 Å². The quantitative estimate of drug-likeness (QED) is 0.361. The molecule has 3 aromatic rings. The van der Waals surface area contributed by atoms with Gasteiger partial charge in [-0.2, -0.15) is 0 Å². The number of hydrogen-bond donors (Lipinski definition) is 0. The Labute approximate surface area is 179 Å². The van der Waals surface area contributed by atoms with E-state index in [0.29, 0.717) is 22.9 Å². The smallest absolute Gasteiger partial charge is 0.343 e. The van der Waals surface area contributed by atoms with E-state index in [-0.39, 0.29) is 29.2 Å². The van der Waals surface area contributed by atoms with Crippen molar-refractivity contribution in [2.75, 3.05) is 4.90 Å². The lowest BCUT2D eigenvalue weighted by Crippen LogP contribution is -2.31. The van der Waals surface area contributed by atoms with Gasteiger partial charge in [-0.15, -0.1) is 0 Å². The Kier molecular flexibility index (Phi) is 4.77. The van der Waals surface area contributed by atoms with Crippen molar-refractivity contribution in [2.24, 2.45) is 17.8 Å². The third-order valence-electron chi connectivity index (χ3n) is 6.33. The third kappa shape index (κ3) is 3.38. The second kappa shape index (κ2) is 7.61. The van der Waals surface area contributed by atoms with Gasteiger partial charge in [-0.1, -0.05) is 31.2 Å². The second-order valence-corrected chi connectivity index (χ2v) is 8.41. The minimum absolute atomic E-state index is 0.161. The molecule has 6 heteroatoms. The van der Waals surface area contributed by atoms with E-state index in [2.05, 4.69) is 11.9 Å². The van der Waals surface area contributed by atoms with Gasteiger partial charge in [-0.25, -0.2) is 4.79 Å². The first-order valence-electron chi connectivity index (χ1n) is 10.6. The first kappa shape index (κ1) is 19.4. The normalized spacial score (nSPS) is 23.1. The van der Waals surface area contributed by atoms with E-state index < -0.39 is 5.97 Å². The lowest BCUT2D eigenvalue weighted by molar-refractivity contribution is -0.122. The number of para-hydroxylation sites is 1. The zero-order chi connectivity index (χ0) is 21.5. The molecule has 3 atom stereocenters. The number of esters is 1.